The van der Waals surface area contributed by atoms with Gasteiger partial charge in [0.25, 0.3) is 0 Å². The van der Waals surface area contributed by atoms with E-state index < -0.39 is 0 Å². The molecule has 1 aliphatic heterocycles. The molecule has 1 saturated heterocycles. The highest BCUT2D eigenvalue weighted by atomic mass is 16.3. The number of nitrogens with two attached hydrogens (primary N) is 1. The van der Waals surface area contributed by atoms with Gasteiger partial charge in [-0.3, -0.25) is 19.5 Å². The summed E-state index contributed by atoms with van der Waals surface area (Å²) in [6.45, 7) is 9.43. The van der Waals surface area contributed by atoms with Crippen LogP contribution in [0.15, 0.2) is 24.5 Å². The van der Waals surface area contributed by atoms with Crippen LogP contribution in [-0.4, -0.2) is 85.5 Å². The van der Waals surface area contributed by atoms with E-state index in [4.69, 9.17) is 10.8 Å². The van der Waals surface area contributed by atoms with E-state index in [1.807, 2.05) is 10.9 Å². The summed E-state index contributed by atoms with van der Waals surface area (Å²) in [7, 11) is 0. The van der Waals surface area contributed by atoms with Gasteiger partial charge in [0.2, 0.25) is 5.95 Å². The van der Waals surface area contributed by atoms with Gasteiger partial charge in [0, 0.05) is 52.0 Å². The number of aliphatic hydroxyl groups is 1. The smallest absolute Gasteiger partial charge is 0.222 e. The Hall–Kier alpha value is -2.82. The van der Waals surface area contributed by atoms with Crippen LogP contribution in [0.5, 0.6) is 0 Å². The second-order valence-electron chi connectivity index (χ2n) is 8.25. The first kappa shape index (κ1) is 22.4. The number of nitrogen functional groups attached to an aromatic ring is 1. The standard InChI is InChI=1S/C22H33N9O/c1-2-3-6-24-21-20-19(27-22(23)28-21)14-26-31(20)16-18-5-4-17(13-25-18)15-30-9-7-29(8-10-30)11-12-32/h4-5,13-14,32H,2-3,6-12,15-16H2,1H3,(H3,23,24,27,28). The van der Waals surface area contributed by atoms with E-state index in [9.17, 15) is 0 Å². The first-order valence-electron chi connectivity index (χ1n) is 11.4. The minimum absolute atomic E-state index is 0.229. The van der Waals surface area contributed by atoms with Crippen molar-refractivity contribution in [3.05, 3.63) is 35.8 Å². The van der Waals surface area contributed by atoms with Gasteiger partial charge in [0.05, 0.1) is 25.0 Å². The monoisotopic (exact) mass is 439 g/mol. The van der Waals surface area contributed by atoms with Crippen molar-refractivity contribution >= 4 is 22.8 Å². The summed E-state index contributed by atoms with van der Waals surface area (Å²) in [5.41, 5.74) is 9.59. The van der Waals surface area contributed by atoms with E-state index in [2.05, 4.69) is 54.2 Å². The van der Waals surface area contributed by atoms with Crippen LogP contribution in [0.4, 0.5) is 11.8 Å². The number of anilines is 2. The second kappa shape index (κ2) is 10.7. The lowest BCUT2D eigenvalue weighted by atomic mass is 10.2. The average molecular weight is 440 g/mol. The lowest BCUT2D eigenvalue weighted by Crippen LogP contribution is -2.46. The first-order chi connectivity index (χ1) is 15.7. The molecule has 3 aromatic heterocycles. The summed E-state index contributed by atoms with van der Waals surface area (Å²) in [6.07, 6.45) is 5.84. The van der Waals surface area contributed by atoms with Crippen molar-refractivity contribution in [1.29, 1.82) is 0 Å². The largest absolute Gasteiger partial charge is 0.395 e. The second-order valence-corrected chi connectivity index (χ2v) is 8.25. The van der Waals surface area contributed by atoms with Crippen LogP contribution in [-0.2, 0) is 13.1 Å². The molecular formula is C22H33N9O. The Morgan fingerprint density at radius 2 is 1.88 bits per heavy atom. The van der Waals surface area contributed by atoms with Gasteiger partial charge in [-0.15, -0.1) is 0 Å². The lowest BCUT2D eigenvalue weighted by molar-refractivity contribution is 0.108. The zero-order valence-corrected chi connectivity index (χ0v) is 18.7. The molecule has 0 unspecified atom stereocenters. The highest BCUT2D eigenvalue weighted by molar-refractivity contribution is 5.86. The van der Waals surface area contributed by atoms with Gasteiger partial charge in [-0.2, -0.15) is 10.1 Å². The minimum atomic E-state index is 0.229. The molecule has 10 nitrogen and oxygen atoms in total. The number of nitrogens with zero attached hydrogens (tertiary/aromatic N) is 7. The summed E-state index contributed by atoms with van der Waals surface area (Å²) in [6, 6.07) is 4.20. The van der Waals surface area contributed by atoms with Crippen molar-refractivity contribution in [3.63, 3.8) is 0 Å². The van der Waals surface area contributed by atoms with Crippen LogP contribution in [0.25, 0.3) is 11.0 Å². The highest BCUT2D eigenvalue weighted by Crippen LogP contribution is 2.22. The number of fused-ring (bicyclic) bond motifs is 1. The lowest BCUT2D eigenvalue weighted by Gasteiger charge is -2.34. The van der Waals surface area contributed by atoms with Crippen LogP contribution in [0.1, 0.15) is 31.0 Å². The first-order valence-corrected chi connectivity index (χ1v) is 11.4. The quantitative estimate of drug-likeness (QED) is 0.400. The maximum Gasteiger partial charge on any atom is 0.222 e. The molecule has 10 heteroatoms. The van der Waals surface area contributed by atoms with Crippen molar-refractivity contribution in [2.24, 2.45) is 0 Å². The van der Waals surface area contributed by atoms with Crippen LogP contribution < -0.4 is 11.1 Å². The van der Waals surface area contributed by atoms with Crippen molar-refractivity contribution in [2.45, 2.75) is 32.9 Å². The Bertz CT molecular complexity index is 997. The molecule has 4 rings (SSSR count). The molecule has 1 fully saturated rings. The molecule has 0 atom stereocenters. The van der Waals surface area contributed by atoms with Gasteiger partial charge in [-0.05, 0) is 18.1 Å². The van der Waals surface area contributed by atoms with Gasteiger partial charge in [-0.25, -0.2) is 4.98 Å². The van der Waals surface area contributed by atoms with Crippen LogP contribution in [0.2, 0.25) is 0 Å². The predicted octanol–water partition coefficient (Wildman–Crippen LogP) is 1.17. The topological polar surface area (TPSA) is 121 Å². The molecule has 0 aliphatic carbocycles. The van der Waals surface area contributed by atoms with Gasteiger partial charge in [0.1, 0.15) is 11.0 Å². The summed E-state index contributed by atoms with van der Waals surface area (Å²) in [5, 5.41) is 17.0. The summed E-state index contributed by atoms with van der Waals surface area (Å²) >= 11 is 0. The van der Waals surface area contributed by atoms with Crippen molar-refractivity contribution in [2.75, 3.05) is 56.9 Å². The molecule has 4 N–H and O–H groups in total. The zero-order valence-electron chi connectivity index (χ0n) is 18.7. The number of pyridine rings is 1. The molecule has 0 bridgehead atoms. The Morgan fingerprint density at radius 3 is 2.59 bits per heavy atom. The maximum absolute atomic E-state index is 9.09. The number of aliphatic hydroxyl groups excluding tert-OH is 1. The van der Waals surface area contributed by atoms with Crippen molar-refractivity contribution in [1.82, 2.24) is 34.5 Å². The van der Waals surface area contributed by atoms with E-state index in [-0.39, 0.29) is 12.6 Å². The number of β-amino-alcohol motifs (C(OH)–C–C–N with tert-alkyl or cyclic N) is 1. The van der Waals surface area contributed by atoms with Gasteiger partial charge in [0.15, 0.2) is 5.82 Å². The van der Waals surface area contributed by atoms with Crippen molar-refractivity contribution < 1.29 is 5.11 Å². The number of hydrogen-bond donors (Lipinski definition) is 3. The number of unbranched alkanes of at least 4 members (excludes halogenated alkanes) is 1. The number of nitrogens with one attached hydrogen (secondary N) is 1. The summed E-state index contributed by atoms with van der Waals surface area (Å²) < 4.78 is 1.88. The number of aromatic nitrogens is 5. The Kier molecular flexibility index (Phi) is 7.46. The third-order valence-electron chi connectivity index (χ3n) is 5.81. The number of hydrogen-bond acceptors (Lipinski definition) is 9. The average Bonchev–Trinajstić information content (AvgIpc) is 3.19. The van der Waals surface area contributed by atoms with E-state index in [1.165, 1.54) is 5.56 Å². The maximum atomic E-state index is 9.09. The number of piperazine rings is 1. The Morgan fingerprint density at radius 1 is 1.06 bits per heavy atom. The van der Waals surface area contributed by atoms with E-state index in [0.717, 1.165) is 81.2 Å². The van der Waals surface area contributed by atoms with Gasteiger partial charge in [-0.1, -0.05) is 19.4 Å². The van der Waals surface area contributed by atoms with E-state index >= 15 is 0 Å². The SMILES string of the molecule is CCCCNc1nc(N)nc2cnn(Cc3ccc(CN4CCN(CCO)CC4)cn3)c12. The van der Waals surface area contributed by atoms with Gasteiger partial charge >= 0.3 is 0 Å². The molecule has 0 spiro atoms. The molecule has 3 aromatic rings. The Labute approximate surface area is 188 Å². The zero-order chi connectivity index (χ0) is 22.3. The highest BCUT2D eigenvalue weighted by Gasteiger charge is 2.17. The van der Waals surface area contributed by atoms with Crippen LogP contribution >= 0.6 is 0 Å². The third-order valence-corrected chi connectivity index (χ3v) is 5.81. The predicted molar refractivity (Wildman–Crippen MR) is 125 cm³/mol. The fourth-order valence-corrected chi connectivity index (χ4v) is 4.01. The summed E-state index contributed by atoms with van der Waals surface area (Å²) in [5.74, 6) is 0.964. The molecule has 0 saturated carbocycles. The normalized spacial score (nSPS) is 15.4. The van der Waals surface area contributed by atoms with Gasteiger partial charge < -0.3 is 16.2 Å². The molecule has 172 valence electrons. The molecule has 4 heterocycles. The van der Waals surface area contributed by atoms with E-state index in [1.54, 1.807) is 6.20 Å². The molecule has 1 aliphatic rings. The Balaban J connectivity index is 1.41. The fraction of sp³-hybridized carbons (Fsp3) is 0.545. The van der Waals surface area contributed by atoms with Crippen LogP contribution in [0, 0.1) is 0 Å². The summed E-state index contributed by atoms with van der Waals surface area (Å²) in [4.78, 5) is 18.1. The number of rotatable bonds is 10. The fourth-order valence-electron chi connectivity index (χ4n) is 4.01. The van der Waals surface area contributed by atoms with Crippen molar-refractivity contribution in [3.8, 4) is 0 Å². The van der Waals surface area contributed by atoms with E-state index in [0.29, 0.717) is 6.54 Å². The third kappa shape index (κ3) is 5.50. The van der Waals surface area contributed by atoms with Crippen LogP contribution in [0.3, 0.4) is 0 Å². The molecule has 32 heavy (non-hydrogen) atoms. The molecular weight excluding hydrogens is 406 g/mol. The minimum Gasteiger partial charge on any atom is -0.395 e. The molecule has 0 radical (unpaired) electrons. The molecule has 0 amide bonds. The molecule has 0 aromatic carbocycles.